The Kier molecular flexibility index (Phi) is 3.78. The number of oxazole rings is 1. The SMILES string of the molecule is Cc1nc(-c2ccc([N+](=O)[O-])cc2)c(-c2ccc([N+](=O)[O-])cc2)o1. The van der Waals surface area contributed by atoms with Crippen molar-refractivity contribution in [2.75, 3.05) is 0 Å². The average Bonchev–Trinajstić information content (AvgIpc) is 2.97. The fourth-order valence-corrected chi connectivity index (χ4v) is 2.29. The molecule has 0 spiro atoms. The van der Waals surface area contributed by atoms with E-state index in [-0.39, 0.29) is 11.4 Å². The molecule has 8 heteroatoms. The van der Waals surface area contributed by atoms with Crippen molar-refractivity contribution in [1.82, 2.24) is 4.98 Å². The minimum atomic E-state index is -0.480. The molecule has 0 radical (unpaired) electrons. The maximum Gasteiger partial charge on any atom is 0.269 e. The van der Waals surface area contributed by atoms with E-state index in [4.69, 9.17) is 4.42 Å². The van der Waals surface area contributed by atoms with Crippen LogP contribution in [-0.2, 0) is 0 Å². The molecule has 120 valence electrons. The van der Waals surface area contributed by atoms with Gasteiger partial charge in [0.25, 0.3) is 11.4 Å². The van der Waals surface area contributed by atoms with Crippen molar-refractivity contribution < 1.29 is 14.3 Å². The highest BCUT2D eigenvalue weighted by molar-refractivity contribution is 5.77. The van der Waals surface area contributed by atoms with Crippen LogP contribution in [0.2, 0.25) is 0 Å². The molecule has 0 bridgehead atoms. The van der Waals surface area contributed by atoms with Crippen LogP contribution in [0.1, 0.15) is 5.89 Å². The average molecular weight is 325 g/mol. The first kappa shape index (κ1) is 15.3. The van der Waals surface area contributed by atoms with Crippen molar-refractivity contribution in [3.05, 3.63) is 74.7 Å². The maximum absolute atomic E-state index is 10.7. The number of nitro benzene ring substituents is 2. The third-order valence-electron chi connectivity index (χ3n) is 3.43. The molecule has 0 aliphatic carbocycles. The smallest absolute Gasteiger partial charge is 0.269 e. The second kappa shape index (κ2) is 5.92. The molecule has 0 saturated heterocycles. The highest BCUT2D eigenvalue weighted by Gasteiger charge is 2.17. The van der Waals surface area contributed by atoms with Crippen molar-refractivity contribution in [2.45, 2.75) is 6.92 Å². The van der Waals surface area contributed by atoms with Gasteiger partial charge in [-0.1, -0.05) is 0 Å². The highest BCUT2D eigenvalue weighted by atomic mass is 16.6. The Morgan fingerprint density at radius 2 is 1.29 bits per heavy atom. The van der Waals surface area contributed by atoms with Crippen LogP contribution >= 0.6 is 0 Å². The summed E-state index contributed by atoms with van der Waals surface area (Å²) in [6.07, 6.45) is 0. The maximum atomic E-state index is 10.7. The number of hydrogen-bond donors (Lipinski definition) is 0. The fourth-order valence-electron chi connectivity index (χ4n) is 2.29. The van der Waals surface area contributed by atoms with Gasteiger partial charge in [-0.15, -0.1) is 0 Å². The van der Waals surface area contributed by atoms with Gasteiger partial charge in [0.15, 0.2) is 11.7 Å². The van der Waals surface area contributed by atoms with Gasteiger partial charge in [-0.2, -0.15) is 0 Å². The predicted octanol–water partition coefficient (Wildman–Crippen LogP) is 4.13. The Morgan fingerprint density at radius 1 is 0.833 bits per heavy atom. The van der Waals surface area contributed by atoms with Gasteiger partial charge in [0, 0.05) is 42.3 Å². The third kappa shape index (κ3) is 2.84. The lowest BCUT2D eigenvalue weighted by atomic mass is 10.1. The molecular formula is C16H11N3O5. The van der Waals surface area contributed by atoms with Crippen molar-refractivity contribution in [1.29, 1.82) is 0 Å². The Hall–Kier alpha value is -3.55. The summed E-state index contributed by atoms with van der Waals surface area (Å²) in [7, 11) is 0. The molecule has 0 N–H and O–H groups in total. The van der Waals surface area contributed by atoms with Gasteiger partial charge in [0.05, 0.1) is 9.85 Å². The number of non-ortho nitro benzene ring substituents is 2. The molecule has 8 nitrogen and oxygen atoms in total. The first-order valence-electron chi connectivity index (χ1n) is 6.93. The Balaban J connectivity index is 2.04. The lowest BCUT2D eigenvalue weighted by Gasteiger charge is -2.02. The topological polar surface area (TPSA) is 112 Å². The van der Waals surface area contributed by atoms with Crippen LogP contribution < -0.4 is 0 Å². The van der Waals surface area contributed by atoms with E-state index in [1.165, 1.54) is 24.3 Å². The number of aryl methyl sites for hydroxylation is 1. The summed E-state index contributed by atoms with van der Waals surface area (Å²) in [5.74, 6) is 0.882. The van der Waals surface area contributed by atoms with Crippen molar-refractivity contribution >= 4 is 11.4 Å². The van der Waals surface area contributed by atoms with Gasteiger partial charge < -0.3 is 4.42 Å². The molecule has 0 aliphatic heterocycles. The van der Waals surface area contributed by atoms with Gasteiger partial charge in [0.1, 0.15) is 5.69 Å². The molecule has 0 atom stereocenters. The lowest BCUT2D eigenvalue weighted by molar-refractivity contribution is -0.385. The predicted molar refractivity (Wildman–Crippen MR) is 85.4 cm³/mol. The number of nitro groups is 2. The van der Waals surface area contributed by atoms with Gasteiger partial charge >= 0.3 is 0 Å². The zero-order valence-corrected chi connectivity index (χ0v) is 12.5. The number of benzene rings is 2. The number of rotatable bonds is 4. The van der Waals surface area contributed by atoms with Crippen LogP contribution in [0.25, 0.3) is 22.6 Å². The Labute approximate surface area is 135 Å². The molecule has 24 heavy (non-hydrogen) atoms. The summed E-state index contributed by atoms with van der Waals surface area (Å²) in [4.78, 5) is 24.8. The van der Waals surface area contributed by atoms with Crippen LogP contribution in [0.3, 0.4) is 0 Å². The quantitative estimate of drug-likeness (QED) is 0.526. The molecule has 1 aromatic heterocycles. The van der Waals surface area contributed by atoms with Crippen LogP contribution in [-0.4, -0.2) is 14.8 Å². The minimum absolute atomic E-state index is 0.0177. The molecule has 2 aromatic carbocycles. The van der Waals surface area contributed by atoms with Gasteiger partial charge in [-0.3, -0.25) is 20.2 Å². The molecule has 0 amide bonds. The molecule has 0 saturated carbocycles. The highest BCUT2D eigenvalue weighted by Crippen LogP contribution is 2.34. The Bertz CT molecular complexity index is 839. The zero-order chi connectivity index (χ0) is 17.3. The van der Waals surface area contributed by atoms with Crippen LogP contribution in [0, 0.1) is 27.2 Å². The van der Waals surface area contributed by atoms with Crippen molar-refractivity contribution in [2.24, 2.45) is 0 Å². The number of nitrogens with zero attached hydrogens (tertiary/aromatic N) is 3. The van der Waals surface area contributed by atoms with E-state index < -0.39 is 9.85 Å². The minimum Gasteiger partial charge on any atom is -0.440 e. The molecule has 0 unspecified atom stereocenters. The van der Waals surface area contributed by atoms with E-state index in [1.54, 1.807) is 31.2 Å². The largest absolute Gasteiger partial charge is 0.440 e. The van der Waals surface area contributed by atoms with Crippen molar-refractivity contribution in [3.63, 3.8) is 0 Å². The monoisotopic (exact) mass is 325 g/mol. The zero-order valence-electron chi connectivity index (χ0n) is 12.5. The molecule has 3 aromatic rings. The summed E-state index contributed by atoms with van der Waals surface area (Å²) < 4.78 is 5.62. The number of hydrogen-bond acceptors (Lipinski definition) is 6. The molecular weight excluding hydrogens is 314 g/mol. The second-order valence-corrected chi connectivity index (χ2v) is 5.02. The third-order valence-corrected chi connectivity index (χ3v) is 3.43. The van der Waals surface area contributed by atoms with Crippen LogP contribution in [0.4, 0.5) is 11.4 Å². The van der Waals surface area contributed by atoms with E-state index in [1.807, 2.05) is 0 Å². The molecule has 1 heterocycles. The summed E-state index contributed by atoms with van der Waals surface area (Å²) in [6, 6.07) is 11.9. The van der Waals surface area contributed by atoms with Crippen LogP contribution in [0.5, 0.6) is 0 Å². The van der Waals surface area contributed by atoms with Gasteiger partial charge in [-0.25, -0.2) is 4.98 Å². The first-order chi connectivity index (χ1) is 11.5. The Morgan fingerprint density at radius 3 is 1.75 bits per heavy atom. The van der Waals surface area contributed by atoms with Crippen molar-refractivity contribution in [3.8, 4) is 22.6 Å². The van der Waals surface area contributed by atoms with E-state index in [0.717, 1.165) is 0 Å². The second-order valence-electron chi connectivity index (χ2n) is 5.02. The standard InChI is InChI=1S/C16H11N3O5/c1-10-17-15(11-2-6-13(7-3-11)18(20)21)16(24-10)12-4-8-14(9-5-12)19(22)23/h2-9H,1H3. The molecule has 0 aliphatic rings. The van der Waals surface area contributed by atoms with E-state index in [9.17, 15) is 20.2 Å². The van der Waals surface area contributed by atoms with Gasteiger partial charge in [0.2, 0.25) is 0 Å². The van der Waals surface area contributed by atoms with E-state index in [0.29, 0.717) is 28.5 Å². The summed E-state index contributed by atoms with van der Waals surface area (Å²) in [6.45, 7) is 1.68. The molecule has 3 rings (SSSR count). The summed E-state index contributed by atoms with van der Waals surface area (Å²) >= 11 is 0. The fraction of sp³-hybridized carbons (Fsp3) is 0.0625. The summed E-state index contributed by atoms with van der Waals surface area (Å²) in [5.41, 5.74) is 1.78. The normalized spacial score (nSPS) is 10.5. The first-order valence-corrected chi connectivity index (χ1v) is 6.93. The van der Waals surface area contributed by atoms with Crippen LogP contribution in [0.15, 0.2) is 52.9 Å². The lowest BCUT2D eigenvalue weighted by Crippen LogP contribution is -1.89. The van der Waals surface area contributed by atoms with Gasteiger partial charge in [-0.05, 0) is 24.3 Å². The van der Waals surface area contributed by atoms with E-state index in [2.05, 4.69) is 4.98 Å². The summed E-state index contributed by atoms with van der Waals surface area (Å²) in [5, 5.41) is 21.5. The molecule has 0 fully saturated rings. The number of aromatic nitrogens is 1. The van der Waals surface area contributed by atoms with E-state index >= 15 is 0 Å².